The summed E-state index contributed by atoms with van der Waals surface area (Å²) in [6, 6.07) is 3.11. The lowest BCUT2D eigenvalue weighted by Gasteiger charge is -2.07. The van der Waals surface area contributed by atoms with Crippen LogP contribution in [0.5, 0.6) is 0 Å². The van der Waals surface area contributed by atoms with Crippen molar-refractivity contribution in [3.8, 4) is 11.1 Å². The van der Waals surface area contributed by atoms with Crippen LogP contribution < -0.4 is 5.32 Å². The van der Waals surface area contributed by atoms with Crippen LogP contribution in [0.25, 0.3) is 11.1 Å². The zero-order valence-corrected chi connectivity index (χ0v) is 11.1. The highest BCUT2D eigenvalue weighted by molar-refractivity contribution is 5.63. The van der Waals surface area contributed by atoms with Crippen LogP contribution in [0, 0.1) is 17.5 Å². The van der Waals surface area contributed by atoms with Crippen LogP contribution >= 0.6 is 0 Å². The molecular weight excluding hydrogens is 265 g/mol. The Bertz CT molecular complexity index is 600. The maximum absolute atomic E-state index is 13.7. The van der Waals surface area contributed by atoms with Crippen molar-refractivity contribution in [3.05, 3.63) is 53.6 Å². The first kappa shape index (κ1) is 14.5. The summed E-state index contributed by atoms with van der Waals surface area (Å²) in [4.78, 5) is 4.01. The largest absolute Gasteiger partial charge is 0.313 e. The van der Waals surface area contributed by atoms with Crippen molar-refractivity contribution in [1.29, 1.82) is 0 Å². The van der Waals surface area contributed by atoms with E-state index in [1.54, 1.807) is 12.3 Å². The monoisotopic (exact) mass is 280 g/mol. The Labute approximate surface area is 115 Å². The number of pyridine rings is 1. The quantitative estimate of drug-likeness (QED) is 0.667. The van der Waals surface area contributed by atoms with Crippen molar-refractivity contribution >= 4 is 0 Å². The zero-order chi connectivity index (χ0) is 14.5. The lowest BCUT2D eigenvalue weighted by Crippen LogP contribution is -2.13. The molecule has 1 heterocycles. The summed E-state index contributed by atoms with van der Waals surface area (Å²) in [7, 11) is 0. The fraction of sp³-hybridized carbons (Fsp3) is 0.267. The number of nitrogens with one attached hydrogen (secondary N) is 1. The van der Waals surface area contributed by atoms with Gasteiger partial charge in [0.05, 0.1) is 0 Å². The number of hydrogen-bond donors (Lipinski definition) is 1. The van der Waals surface area contributed by atoms with Crippen LogP contribution in [-0.4, -0.2) is 11.5 Å². The number of halogens is 3. The van der Waals surface area contributed by atoms with Gasteiger partial charge in [-0.15, -0.1) is 0 Å². The summed E-state index contributed by atoms with van der Waals surface area (Å²) in [6.45, 7) is 3.52. The van der Waals surface area contributed by atoms with Crippen LogP contribution in [-0.2, 0) is 6.54 Å². The number of rotatable bonds is 5. The summed E-state index contributed by atoms with van der Waals surface area (Å²) in [6.07, 6.45) is 4.09. The first-order chi connectivity index (χ1) is 9.61. The average molecular weight is 280 g/mol. The molecule has 1 N–H and O–H groups in total. The molecule has 0 spiro atoms. The highest BCUT2D eigenvalue weighted by Gasteiger charge is 2.12. The molecule has 5 heteroatoms. The highest BCUT2D eigenvalue weighted by Crippen LogP contribution is 2.25. The summed E-state index contributed by atoms with van der Waals surface area (Å²) in [5, 5.41) is 3.20. The Balaban J connectivity index is 2.29. The molecule has 0 aliphatic rings. The Morgan fingerprint density at radius 1 is 1.00 bits per heavy atom. The molecule has 2 rings (SSSR count). The minimum Gasteiger partial charge on any atom is -0.313 e. The van der Waals surface area contributed by atoms with Gasteiger partial charge in [0.2, 0.25) is 0 Å². The van der Waals surface area contributed by atoms with E-state index in [0.717, 1.165) is 24.6 Å². The molecule has 0 aliphatic carbocycles. The van der Waals surface area contributed by atoms with E-state index in [-0.39, 0.29) is 5.56 Å². The van der Waals surface area contributed by atoms with Crippen LogP contribution in [0.1, 0.15) is 18.9 Å². The van der Waals surface area contributed by atoms with Gasteiger partial charge in [0.1, 0.15) is 5.82 Å². The SMILES string of the molecule is CCCNCc1cncc(-c2cc(F)c(F)cc2F)c1. The smallest absolute Gasteiger partial charge is 0.161 e. The molecule has 2 nitrogen and oxygen atoms in total. The van der Waals surface area contributed by atoms with Crippen molar-refractivity contribution in [3.63, 3.8) is 0 Å². The topological polar surface area (TPSA) is 24.9 Å². The molecule has 0 unspecified atom stereocenters. The standard InChI is InChI=1S/C15H15F3N2/c1-2-3-19-7-10-4-11(9-20-8-10)12-5-14(17)15(18)6-13(12)16/h4-6,8-9,19H,2-3,7H2,1H3. The van der Waals surface area contributed by atoms with Crippen molar-refractivity contribution in [1.82, 2.24) is 10.3 Å². The summed E-state index contributed by atoms with van der Waals surface area (Å²) in [5.74, 6) is -3.07. The molecule has 2 aromatic rings. The van der Waals surface area contributed by atoms with E-state index < -0.39 is 17.5 Å². The van der Waals surface area contributed by atoms with Gasteiger partial charge >= 0.3 is 0 Å². The summed E-state index contributed by atoms with van der Waals surface area (Å²) < 4.78 is 39.8. The van der Waals surface area contributed by atoms with E-state index in [0.29, 0.717) is 18.2 Å². The van der Waals surface area contributed by atoms with Crippen molar-refractivity contribution in [2.24, 2.45) is 0 Å². The molecule has 0 amide bonds. The second-order valence-electron chi connectivity index (χ2n) is 4.50. The Morgan fingerprint density at radius 3 is 2.50 bits per heavy atom. The van der Waals surface area contributed by atoms with Gasteiger partial charge < -0.3 is 5.32 Å². The normalized spacial score (nSPS) is 10.8. The molecule has 1 aromatic heterocycles. The fourth-order valence-electron chi connectivity index (χ4n) is 1.88. The third-order valence-corrected chi connectivity index (χ3v) is 2.87. The third kappa shape index (κ3) is 3.36. The zero-order valence-electron chi connectivity index (χ0n) is 11.1. The van der Waals surface area contributed by atoms with Gasteiger partial charge in [0.15, 0.2) is 11.6 Å². The number of benzene rings is 1. The van der Waals surface area contributed by atoms with E-state index in [4.69, 9.17) is 0 Å². The van der Waals surface area contributed by atoms with Gasteiger partial charge in [-0.25, -0.2) is 13.2 Å². The molecule has 0 saturated heterocycles. The number of nitrogens with zero attached hydrogens (tertiary/aromatic N) is 1. The maximum Gasteiger partial charge on any atom is 0.161 e. The minimum absolute atomic E-state index is 0.00809. The molecule has 0 atom stereocenters. The van der Waals surface area contributed by atoms with Crippen molar-refractivity contribution < 1.29 is 13.2 Å². The molecule has 0 aliphatic heterocycles. The molecule has 0 fully saturated rings. The molecule has 20 heavy (non-hydrogen) atoms. The van der Waals surface area contributed by atoms with Crippen LogP contribution in [0.2, 0.25) is 0 Å². The fourth-order valence-corrected chi connectivity index (χ4v) is 1.88. The van der Waals surface area contributed by atoms with Crippen LogP contribution in [0.15, 0.2) is 30.6 Å². The van der Waals surface area contributed by atoms with E-state index in [1.165, 1.54) is 6.20 Å². The predicted molar refractivity (Wildman–Crippen MR) is 71.5 cm³/mol. The van der Waals surface area contributed by atoms with Crippen molar-refractivity contribution in [2.45, 2.75) is 19.9 Å². The Morgan fingerprint density at radius 2 is 1.75 bits per heavy atom. The summed E-state index contributed by atoms with van der Waals surface area (Å²) in [5.41, 5.74) is 1.30. The molecule has 0 bridgehead atoms. The first-order valence-electron chi connectivity index (χ1n) is 6.41. The van der Waals surface area contributed by atoms with Gasteiger partial charge in [-0.3, -0.25) is 4.98 Å². The molecule has 106 valence electrons. The highest BCUT2D eigenvalue weighted by atomic mass is 19.2. The van der Waals surface area contributed by atoms with Crippen molar-refractivity contribution in [2.75, 3.05) is 6.54 Å². The van der Waals surface area contributed by atoms with Gasteiger partial charge in [0, 0.05) is 36.1 Å². The van der Waals surface area contributed by atoms with E-state index in [2.05, 4.69) is 17.2 Å². The second-order valence-corrected chi connectivity index (χ2v) is 4.50. The van der Waals surface area contributed by atoms with Crippen LogP contribution in [0.3, 0.4) is 0 Å². The molecule has 0 radical (unpaired) electrons. The first-order valence-corrected chi connectivity index (χ1v) is 6.41. The molecular formula is C15H15F3N2. The Hall–Kier alpha value is -1.88. The lowest BCUT2D eigenvalue weighted by molar-refractivity contribution is 0.496. The summed E-state index contributed by atoms with van der Waals surface area (Å²) >= 11 is 0. The van der Waals surface area contributed by atoms with Gasteiger partial charge in [-0.05, 0) is 30.7 Å². The second kappa shape index (κ2) is 6.52. The van der Waals surface area contributed by atoms with Gasteiger partial charge in [0.25, 0.3) is 0 Å². The van der Waals surface area contributed by atoms with Gasteiger partial charge in [-0.2, -0.15) is 0 Å². The number of hydrogen-bond acceptors (Lipinski definition) is 2. The van der Waals surface area contributed by atoms with Gasteiger partial charge in [-0.1, -0.05) is 6.92 Å². The number of aromatic nitrogens is 1. The van der Waals surface area contributed by atoms with E-state index >= 15 is 0 Å². The predicted octanol–water partition coefficient (Wildman–Crippen LogP) is 3.67. The maximum atomic E-state index is 13.7. The molecule has 1 aromatic carbocycles. The lowest BCUT2D eigenvalue weighted by atomic mass is 10.0. The van der Waals surface area contributed by atoms with Crippen LogP contribution in [0.4, 0.5) is 13.2 Å². The van der Waals surface area contributed by atoms with E-state index in [1.807, 2.05) is 0 Å². The third-order valence-electron chi connectivity index (χ3n) is 2.87. The molecule has 0 saturated carbocycles. The Kier molecular flexibility index (Phi) is 4.74. The van der Waals surface area contributed by atoms with E-state index in [9.17, 15) is 13.2 Å². The minimum atomic E-state index is -1.19. The average Bonchev–Trinajstić information content (AvgIpc) is 2.43.